The standard InChI is InChI=1S/C20H19FN2O2/c21-18-7-2-1-6-15(18)16-11-17(16)20(25)23-14-5-3-4-12(10-14)19(24)22-13-8-9-13/h1-7,10,13,16-17H,8-9,11H2,(H,22,24)(H,23,25). The predicted octanol–water partition coefficient (Wildman–Crippen LogP) is 3.46. The van der Waals surface area contributed by atoms with Crippen LogP contribution in [0.4, 0.5) is 10.1 Å². The van der Waals surface area contributed by atoms with Gasteiger partial charge in [-0.3, -0.25) is 9.59 Å². The Hall–Kier alpha value is -2.69. The lowest BCUT2D eigenvalue weighted by Crippen LogP contribution is -2.25. The molecule has 2 aliphatic rings. The van der Waals surface area contributed by atoms with Crippen molar-refractivity contribution in [3.8, 4) is 0 Å². The highest BCUT2D eigenvalue weighted by Crippen LogP contribution is 2.48. The number of carbonyl (C=O) groups is 2. The fourth-order valence-electron chi connectivity index (χ4n) is 3.07. The Balaban J connectivity index is 1.40. The van der Waals surface area contributed by atoms with Crippen molar-refractivity contribution in [2.75, 3.05) is 5.32 Å². The van der Waals surface area contributed by atoms with E-state index in [2.05, 4.69) is 10.6 Å². The lowest BCUT2D eigenvalue weighted by molar-refractivity contribution is -0.117. The van der Waals surface area contributed by atoms with Gasteiger partial charge in [0, 0.05) is 23.2 Å². The van der Waals surface area contributed by atoms with E-state index in [0.29, 0.717) is 29.3 Å². The van der Waals surface area contributed by atoms with Crippen LogP contribution in [0.3, 0.4) is 0 Å². The normalized spacial score (nSPS) is 21.5. The number of rotatable bonds is 5. The van der Waals surface area contributed by atoms with Crippen LogP contribution >= 0.6 is 0 Å². The predicted molar refractivity (Wildman–Crippen MR) is 92.8 cm³/mol. The molecule has 25 heavy (non-hydrogen) atoms. The van der Waals surface area contributed by atoms with Gasteiger partial charge in [0.25, 0.3) is 5.91 Å². The van der Waals surface area contributed by atoms with Crippen molar-refractivity contribution in [2.45, 2.75) is 31.2 Å². The molecule has 2 aromatic rings. The van der Waals surface area contributed by atoms with Gasteiger partial charge in [-0.1, -0.05) is 24.3 Å². The van der Waals surface area contributed by atoms with E-state index in [1.54, 1.807) is 42.5 Å². The number of nitrogens with one attached hydrogen (secondary N) is 2. The molecule has 2 atom stereocenters. The van der Waals surface area contributed by atoms with Crippen LogP contribution < -0.4 is 10.6 Å². The number of benzene rings is 2. The van der Waals surface area contributed by atoms with Gasteiger partial charge in [-0.15, -0.1) is 0 Å². The number of halogens is 1. The summed E-state index contributed by atoms with van der Waals surface area (Å²) in [5, 5.41) is 5.77. The Morgan fingerprint density at radius 2 is 1.84 bits per heavy atom. The minimum atomic E-state index is -0.262. The van der Waals surface area contributed by atoms with Gasteiger partial charge in [-0.2, -0.15) is 0 Å². The first kappa shape index (κ1) is 15.8. The highest BCUT2D eigenvalue weighted by molar-refractivity contribution is 5.98. The molecular weight excluding hydrogens is 319 g/mol. The van der Waals surface area contributed by atoms with Crippen LogP contribution in [0, 0.1) is 11.7 Å². The van der Waals surface area contributed by atoms with Crippen LogP contribution in [0.2, 0.25) is 0 Å². The minimum absolute atomic E-state index is 0.0671. The second-order valence-corrected chi connectivity index (χ2v) is 6.79. The first-order valence-corrected chi connectivity index (χ1v) is 8.58. The van der Waals surface area contributed by atoms with Crippen LogP contribution in [0.1, 0.15) is 41.1 Å². The molecule has 0 aliphatic heterocycles. The van der Waals surface area contributed by atoms with E-state index < -0.39 is 0 Å². The Labute approximate surface area is 145 Å². The van der Waals surface area contributed by atoms with Gasteiger partial charge in [-0.25, -0.2) is 4.39 Å². The van der Waals surface area contributed by atoms with Crippen LogP contribution in [0.25, 0.3) is 0 Å². The number of anilines is 1. The summed E-state index contributed by atoms with van der Waals surface area (Å²) in [7, 11) is 0. The van der Waals surface area contributed by atoms with Crippen LogP contribution in [-0.2, 0) is 4.79 Å². The van der Waals surface area contributed by atoms with Crippen molar-refractivity contribution < 1.29 is 14.0 Å². The third-order valence-corrected chi connectivity index (χ3v) is 4.74. The fraction of sp³-hybridized carbons (Fsp3) is 0.300. The minimum Gasteiger partial charge on any atom is -0.349 e. The average molecular weight is 338 g/mol. The summed E-state index contributed by atoms with van der Waals surface area (Å²) in [6.07, 6.45) is 2.71. The highest BCUT2D eigenvalue weighted by Gasteiger charge is 2.45. The molecule has 2 N–H and O–H groups in total. The molecule has 0 bridgehead atoms. The number of amides is 2. The molecule has 0 radical (unpaired) electrons. The SMILES string of the molecule is O=C(NC1CC1)c1cccc(NC(=O)C2CC2c2ccccc2F)c1. The topological polar surface area (TPSA) is 58.2 Å². The second kappa shape index (κ2) is 6.31. The molecule has 4 nitrogen and oxygen atoms in total. The monoisotopic (exact) mass is 338 g/mol. The molecule has 5 heteroatoms. The summed E-state index contributed by atoms with van der Waals surface area (Å²) < 4.78 is 13.8. The molecule has 0 saturated heterocycles. The average Bonchev–Trinajstić information content (AvgIpc) is 3.50. The second-order valence-electron chi connectivity index (χ2n) is 6.79. The molecule has 2 aliphatic carbocycles. The molecule has 0 heterocycles. The number of hydrogen-bond acceptors (Lipinski definition) is 2. The van der Waals surface area contributed by atoms with Gasteiger partial charge in [-0.05, 0) is 55.0 Å². The van der Waals surface area contributed by atoms with Crippen LogP contribution in [0.5, 0.6) is 0 Å². The van der Waals surface area contributed by atoms with Crippen molar-refractivity contribution in [3.63, 3.8) is 0 Å². The van der Waals surface area contributed by atoms with Gasteiger partial charge >= 0.3 is 0 Å². The summed E-state index contributed by atoms with van der Waals surface area (Å²) in [6.45, 7) is 0. The maximum absolute atomic E-state index is 13.8. The molecule has 4 rings (SSSR count). The third kappa shape index (κ3) is 3.55. The summed E-state index contributed by atoms with van der Waals surface area (Å²) in [5.74, 6) is -0.799. The van der Waals surface area contributed by atoms with E-state index in [4.69, 9.17) is 0 Å². The lowest BCUT2D eigenvalue weighted by atomic mass is 10.1. The van der Waals surface area contributed by atoms with E-state index in [-0.39, 0.29) is 29.5 Å². The van der Waals surface area contributed by atoms with Gasteiger partial charge < -0.3 is 10.6 Å². The summed E-state index contributed by atoms with van der Waals surface area (Å²) in [4.78, 5) is 24.5. The Morgan fingerprint density at radius 3 is 2.60 bits per heavy atom. The number of hydrogen-bond donors (Lipinski definition) is 2. The lowest BCUT2D eigenvalue weighted by Gasteiger charge is -2.08. The molecule has 2 fully saturated rings. The molecular formula is C20H19FN2O2. The third-order valence-electron chi connectivity index (χ3n) is 4.74. The highest BCUT2D eigenvalue weighted by atomic mass is 19.1. The molecule has 2 unspecified atom stereocenters. The van der Waals surface area contributed by atoms with Crippen molar-refractivity contribution in [1.29, 1.82) is 0 Å². The molecule has 2 saturated carbocycles. The van der Waals surface area contributed by atoms with Crippen LogP contribution in [0.15, 0.2) is 48.5 Å². The summed E-state index contributed by atoms with van der Waals surface area (Å²) >= 11 is 0. The first-order chi connectivity index (χ1) is 12.1. The molecule has 0 aromatic heterocycles. The van der Waals surface area contributed by atoms with E-state index >= 15 is 0 Å². The van der Waals surface area contributed by atoms with E-state index in [1.807, 2.05) is 0 Å². The zero-order chi connectivity index (χ0) is 17.4. The van der Waals surface area contributed by atoms with Gasteiger partial charge in [0.2, 0.25) is 5.91 Å². The molecule has 128 valence electrons. The van der Waals surface area contributed by atoms with Gasteiger partial charge in [0.05, 0.1) is 0 Å². The Bertz CT molecular complexity index is 832. The fourth-order valence-corrected chi connectivity index (χ4v) is 3.07. The molecule has 2 aromatic carbocycles. The maximum Gasteiger partial charge on any atom is 0.251 e. The smallest absolute Gasteiger partial charge is 0.251 e. The molecule has 0 spiro atoms. The zero-order valence-corrected chi connectivity index (χ0v) is 13.7. The maximum atomic E-state index is 13.8. The van der Waals surface area contributed by atoms with Crippen LogP contribution in [-0.4, -0.2) is 17.9 Å². The number of carbonyl (C=O) groups excluding carboxylic acids is 2. The first-order valence-electron chi connectivity index (χ1n) is 8.58. The quantitative estimate of drug-likeness (QED) is 0.877. The zero-order valence-electron chi connectivity index (χ0n) is 13.7. The van der Waals surface area contributed by atoms with Crippen molar-refractivity contribution >= 4 is 17.5 Å². The largest absolute Gasteiger partial charge is 0.349 e. The van der Waals surface area contributed by atoms with Crippen molar-refractivity contribution in [3.05, 3.63) is 65.5 Å². The van der Waals surface area contributed by atoms with Crippen molar-refractivity contribution in [2.24, 2.45) is 5.92 Å². The summed E-state index contributed by atoms with van der Waals surface area (Å²) in [6, 6.07) is 13.8. The van der Waals surface area contributed by atoms with Gasteiger partial charge in [0.15, 0.2) is 0 Å². The Kier molecular flexibility index (Phi) is 3.99. The molecule has 2 amide bonds. The van der Waals surface area contributed by atoms with E-state index in [1.165, 1.54) is 6.07 Å². The van der Waals surface area contributed by atoms with E-state index in [0.717, 1.165) is 12.8 Å². The summed E-state index contributed by atoms with van der Waals surface area (Å²) in [5.41, 5.74) is 1.72. The Morgan fingerprint density at radius 1 is 1.04 bits per heavy atom. The van der Waals surface area contributed by atoms with Gasteiger partial charge in [0.1, 0.15) is 5.82 Å². The van der Waals surface area contributed by atoms with E-state index in [9.17, 15) is 14.0 Å². The van der Waals surface area contributed by atoms with Crippen molar-refractivity contribution in [1.82, 2.24) is 5.32 Å².